The summed E-state index contributed by atoms with van der Waals surface area (Å²) in [4.78, 5) is 19.0. The average molecular weight is 318 g/mol. The Morgan fingerprint density at radius 1 is 1.32 bits per heavy atom. The molecule has 0 bridgehead atoms. The van der Waals surface area contributed by atoms with Gasteiger partial charge in [-0.2, -0.15) is 0 Å². The lowest BCUT2D eigenvalue weighted by molar-refractivity contribution is 0.521. The van der Waals surface area contributed by atoms with E-state index in [0.29, 0.717) is 17.8 Å². The van der Waals surface area contributed by atoms with Crippen LogP contribution in [-0.4, -0.2) is 29.8 Å². The van der Waals surface area contributed by atoms with Gasteiger partial charge in [-0.05, 0) is 36.3 Å². The Hall–Kier alpha value is -2.09. The van der Waals surface area contributed by atoms with Crippen molar-refractivity contribution in [1.82, 2.24) is 29.8 Å². The summed E-state index contributed by atoms with van der Waals surface area (Å²) < 4.78 is 3.33. The van der Waals surface area contributed by atoms with Crippen molar-refractivity contribution in [3.8, 4) is 0 Å². The number of hydrogen-bond donors (Lipinski definition) is 0. The number of rotatable bonds is 5. The highest BCUT2D eigenvalue weighted by Crippen LogP contribution is 2.25. The van der Waals surface area contributed by atoms with E-state index >= 15 is 0 Å². The lowest BCUT2D eigenvalue weighted by atomic mass is 10.2. The van der Waals surface area contributed by atoms with Crippen LogP contribution >= 0.6 is 11.3 Å². The van der Waals surface area contributed by atoms with Gasteiger partial charge in [-0.3, -0.25) is 9.36 Å². The minimum Gasteiger partial charge on any atom is -0.291 e. The monoisotopic (exact) mass is 318 g/mol. The number of fused-ring (bicyclic) bond motifs is 1. The van der Waals surface area contributed by atoms with Crippen molar-refractivity contribution in [2.45, 2.75) is 46.7 Å². The minimum absolute atomic E-state index is 0.0307. The number of aryl methyl sites for hydroxylation is 3. The zero-order chi connectivity index (χ0) is 15.7. The molecule has 0 atom stereocenters. The maximum Gasteiger partial charge on any atom is 0.262 e. The molecule has 3 heterocycles. The SMILES string of the molecule is CCCCn1nnnc1Cn1cnc2sc(C)c(C)c2c1=O. The Bertz CT molecular complexity index is 862. The summed E-state index contributed by atoms with van der Waals surface area (Å²) >= 11 is 1.55. The third kappa shape index (κ3) is 2.54. The molecule has 0 aliphatic heterocycles. The summed E-state index contributed by atoms with van der Waals surface area (Å²) in [5.74, 6) is 0.682. The predicted molar refractivity (Wildman–Crippen MR) is 85.2 cm³/mol. The summed E-state index contributed by atoms with van der Waals surface area (Å²) in [5, 5.41) is 12.4. The Balaban J connectivity index is 1.98. The van der Waals surface area contributed by atoms with E-state index in [9.17, 15) is 4.79 Å². The van der Waals surface area contributed by atoms with E-state index < -0.39 is 0 Å². The van der Waals surface area contributed by atoms with Gasteiger partial charge in [-0.15, -0.1) is 16.4 Å². The number of thiophene rings is 1. The second kappa shape index (κ2) is 5.96. The van der Waals surface area contributed by atoms with Crippen molar-refractivity contribution in [1.29, 1.82) is 0 Å². The molecule has 0 unspecified atom stereocenters. The highest BCUT2D eigenvalue weighted by molar-refractivity contribution is 7.18. The first kappa shape index (κ1) is 14.8. The van der Waals surface area contributed by atoms with Gasteiger partial charge in [0.05, 0.1) is 18.3 Å². The lowest BCUT2D eigenvalue weighted by Gasteiger charge is -2.06. The summed E-state index contributed by atoms with van der Waals surface area (Å²) in [7, 11) is 0. The molecular formula is C14H18N6OS. The molecule has 0 N–H and O–H groups in total. The molecule has 0 radical (unpaired) electrons. The van der Waals surface area contributed by atoms with Gasteiger partial charge in [0.2, 0.25) is 0 Å². The van der Waals surface area contributed by atoms with E-state index in [4.69, 9.17) is 0 Å². The van der Waals surface area contributed by atoms with Gasteiger partial charge < -0.3 is 0 Å². The molecule has 3 aromatic rings. The Morgan fingerprint density at radius 3 is 2.91 bits per heavy atom. The second-order valence-corrected chi connectivity index (χ2v) is 6.52. The summed E-state index contributed by atoms with van der Waals surface area (Å²) in [6.45, 7) is 7.20. The van der Waals surface area contributed by atoms with Crippen LogP contribution in [0.5, 0.6) is 0 Å². The number of nitrogens with zero attached hydrogens (tertiary/aromatic N) is 6. The van der Waals surface area contributed by atoms with Gasteiger partial charge in [0.15, 0.2) is 5.82 Å². The Kier molecular flexibility index (Phi) is 4.02. The molecule has 0 amide bonds. The van der Waals surface area contributed by atoms with E-state index in [1.807, 2.05) is 13.8 Å². The molecule has 0 spiro atoms. The third-order valence-electron chi connectivity index (χ3n) is 3.80. The fourth-order valence-corrected chi connectivity index (χ4v) is 3.34. The van der Waals surface area contributed by atoms with Crippen LogP contribution in [0.3, 0.4) is 0 Å². The normalized spacial score (nSPS) is 11.4. The van der Waals surface area contributed by atoms with Crippen LogP contribution in [0, 0.1) is 13.8 Å². The van der Waals surface area contributed by atoms with Crippen LogP contribution in [0.15, 0.2) is 11.1 Å². The van der Waals surface area contributed by atoms with Crippen molar-refractivity contribution >= 4 is 21.6 Å². The standard InChI is InChI=1S/C14H18N6OS/c1-4-5-6-20-11(16-17-18-20)7-19-8-15-13-12(14(19)21)9(2)10(3)22-13/h8H,4-7H2,1-3H3. The molecule has 3 rings (SSSR count). The highest BCUT2D eigenvalue weighted by Gasteiger charge is 2.14. The van der Waals surface area contributed by atoms with Crippen molar-refractivity contribution in [3.05, 3.63) is 32.9 Å². The molecular weight excluding hydrogens is 300 g/mol. The average Bonchev–Trinajstić information content (AvgIpc) is 3.05. The zero-order valence-corrected chi connectivity index (χ0v) is 13.7. The number of tetrazole rings is 1. The molecule has 0 fully saturated rings. The fraction of sp³-hybridized carbons (Fsp3) is 0.500. The summed E-state index contributed by atoms with van der Waals surface area (Å²) in [6.07, 6.45) is 3.66. The van der Waals surface area contributed by atoms with E-state index in [1.54, 1.807) is 26.9 Å². The smallest absolute Gasteiger partial charge is 0.262 e. The van der Waals surface area contributed by atoms with Crippen molar-refractivity contribution in [2.24, 2.45) is 0 Å². The van der Waals surface area contributed by atoms with Gasteiger partial charge in [-0.25, -0.2) is 9.67 Å². The molecule has 3 aromatic heterocycles. The van der Waals surface area contributed by atoms with Crippen LogP contribution in [0.25, 0.3) is 10.2 Å². The Labute approximate surface area is 131 Å². The van der Waals surface area contributed by atoms with Crippen molar-refractivity contribution in [2.75, 3.05) is 0 Å². The first-order chi connectivity index (χ1) is 10.6. The molecule has 0 aromatic carbocycles. The van der Waals surface area contributed by atoms with E-state index in [0.717, 1.165) is 34.7 Å². The molecule has 0 saturated carbocycles. The summed E-state index contributed by atoms with van der Waals surface area (Å²) in [6, 6.07) is 0. The van der Waals surface area contributed by atoms with Crippen molar-refractivity contribution < 1.29 is 0 Å². The summed E-state index contributed by atoms with van der Waals surface area (Å²) in [5.41, 5.74) is 0.981. The van der Waals surface area contributed by atoms with Crippen molar-refractivity contribution in [3.63, 3.8) is 0 Å². The topological polar surface area (TPSA) is 78.5 Å². The number of hydrogen-bond acceptors (Lipinski definition) is 6. The number of aromatic nitrogens is 6. The molecule has 8 heteroatoms. The molecule has 0 saturated heterocycles. The maximum absolute atomic E-state index is 12.7. The molecule has 22 heavy (non-hydrogen) atoms. The van der Waals surface area contributed by atoms with Crippen LogP contribution in [0.1, 0.15) is 36.0 Å². The molecule has 116 valence electrons. The maximum atomic E-state index is 12.7. The number of unbranched alkanes of at least 4 members (excludes halogenated alkanes) is 1. The second-order valence-electron chi connectivity index (χ2n) is 5.31. The zero-order valence-electron chi connectivity index (χ0n) is 12.9. The fourth-order valence-electron chi connectivity index (χ4n) is 2.35. The van der Waals surface area contributed by atoms with Gasteiger partial charge in [0.1, 0.15) is 4.83 Å². The Morgan fingerprint density at radius 2 is 2.14 bits per heavy atom. The van der Waals surface area contributed by atoms with Gasteiger partial charge in [-0.1, -0.05) is 13.3 Å². The van der Waals surface area contributed by atoms with E-state index in [1.165, 1.54) is 0 Å². The van der Waals surface area contributed by atoms with Gasteiger partial charge in [0, 0.05) is 11.4 Å². The van der Waals surface area contributed by atoms with Crippen LogP contribution < -0.4 is 5.56 Å². The highest BCUT2D eigenvalue weighted by atomic mass is 32.1. The first-order valence-corrected chi connectivity index (χ1v) is 8.13. The quantitative estimate of drug-likeness (QED) is 0.718. The molecule has 0 aliphatic rings. The predicted octanol–water partition coefficient (Wildman–Crippen LogP) is 1.91. The first-order valence-electron chi connectivity index (χ1n) is 7.32. The van der Waals surface area contributed by atoms with Gasteiger partial charge in [0.25, 0.3) is 5.56 Å². The van der Waals surface area contributed by atoms with E-state index in [2.05, 4.69) is 27.4 Å². The van der Waals surface area contributed by atoms with Crippen LogP contribution in [0.2, 0.25) is 0 Å². The van der Waals surface area contributed by atoms with Crippen LogP contribution in [0.4, 0.5) is 0 Å². The lowest BCUT2D eigenvalue weighted by Crippen LogP contribution is -2.23. The van der Waals surface area contributed by atoms with Gasteiger partial charge >= 0.3 is 0 Å². The third-order valence-corrected chi connectivity index (χ3v) is 4.91. The van der Waals surface area contributed by atoms with Crippen LogP contribution in [-0.2, 0) is 13.1 Å². The van der Waals surface area contributed by atoms with E-state index in [-0.39, 0.29) is 5.56 Å². The molecule has 0 aliphatic carbocycles. The molecule has 7 nitrogen and oxygen atoms in total. The largest absolute Gasteiger partial charge is 0.291 e. The minimum atomic E-state index is -0.0307.